The van der Waals surface area contributed by atoms with Gasteiger partial charge in [0.25, 0.3) is 5.69 Å². The van der Waals surface area contributed by atoms with Crippen molar-refractivity contribution in [3.63, 3.8) is 0 Å². The zero-order chi connectivity index (χ0) is 13.2. The number of hydrogen-bond acceptors (Lipinski definition) is 4. The highest BCUT2D eigenvalue weighted by Gasteiger charge is 2.31. The zero-order valence-electron chi connectivity index (χ0n) is 9.14. The fourth-order valence-electron chi connectivity index (χ4n) is 1.04. The lowest BCUT2D eigenvalue weighted by Gasteiger charge is -2.18. The van der Waals surface area contributed by atoms with E-state index in [1.165, 1.54) is 19.9 Å². The Balaban J connectivity index is 3.15. The number of carboxylic acids is 1. The van der Waals surface area contributed by atoms with Crippen LogP contribution >= 0.6 is 34.4 Å². The highest BCUT2D eigenvalue weighted by atomic mass is 127. The molecule has 7 heteroatoms. The molecule has 5 nitrogen and oxygen atoms in total. The maximum absolute atomic E-state index is 11.0. The van der Waals surface area contributed by atoms with Gasteiger partial charge in [-0.15, -0.1) is 11.8 Å². The molecular formula is C10H10INO4S. The number of rotatable bonds is 4. The van der Waals surface area contributed by atoms with Gasteiger partial charge in [0.15, 0.2) is 0 Å². The number of carboxylic acid groups (broad SMARTS) is 1. The van der Waals surface area contributed by atoms with Gasteiger partial charge in [-0.3, -0.25) is 14.9 Å². The van der Waals surface area contributed by atoms with E-state index in [1.807, 2.05) is 22.6 Å². The molecule has 0 saturated carbocycles. The predicted molar refractivity (Wildman–Crippen MR) is 73.4 cm³/mol. The molecule has 0 unspecified atom stereocenters. The van der Waals surface area contributed by atoms with E-state index in [9.17, 15) is 14.9 Å². The molecule has 1 N–H and O–H groups in total. The lowest BCUT2D eigenvalue weighted by molar-refractivity contribution is -0.387. The second kappa shape index (κ2) is 5.21. The molecule has 0 amide bonds. The van der Waals surface area contributed by atoms with Crippen LogP contribution in [0.1, 0.15) is 13.8 Å². The smallest absolute Gasteiger partial charge is 0.319 e. The van der Waals surface area contributed by atoms with Crippen LogP contribution in [-0.4, -0.2) is 20.7 Å². The van der Waals surface area contributed by atoms with Crippen LogP contribution in [-0.2, 0) is 4.79 Å². The van der Waals surface area contributed by atoms with E-state index in [1.54, 1.807) is 12.1 Å². The summed E-state index contributed by atoms with van der Waals surface area (Å²) in [5, 5.41) is 19.9. The predicted octanol–water partition coefficient (Wildman–Crippen LogP) is 3.15. The van der Waals surface area contributed by atoms with E-state index < -0.39 is 15.6 Å². The highest BCUT2D eigenvalue weighted by molar-refractivity contribution is 14.1. The van der Waals surface area contributed by atoms with E-state index >= 15 is 0 Å². The van der Waals surface area contributed by atoms with Crippen molar-refractivity contribution in [1.29, 1.82) is 0 Å². The molecule has 0 aromatic heterocycles. The summed E-state index contributed by atoms with van der Waals surface area (Å²) in [7, 11) is 0. The van der Waals surface area contributed by atoms with E-state index in [-0.39, 0.29) is 5.69 Å². The van der Waals surface area contributed by atoms with Gasteiger partial charge in [0.2, 0.25) is 0 Å². The van der Waals surface area contributed by atoms with Crippen molar-refractivity contribution in [3.05, 3.63) is 31.9 Å². The largest absolute Gasteiger partial charge is 0.480 e. The zero-order valence-corrected chi connectivity index (χ0v) is 12.1. The lowest BCUT2D eigenvalue weighted by Crippen LogP contribution is -2.27. The van der Waals surface area contributed by atoms with Crippen LogP contribution in [0.15, 0.2) is 23.1 Å². The first kappa shape index (κ1) is 14.2. The Bertz CT molecular complexity index is 475. The molecule has 0 aliphatic rings. The monoisotopic (exact) mass is 367 g/mol. The maximum atomic E-state index is 11.0. The molecule has 1 rings (SSSR count). The molecule has 17 heavy (non-hydrogen) atoms. The van der Waals surface area contributed by atoms with Crippen molar-refractivity contribution < 1.29 is 14.8 Å². The number of halogens is 1. The molecule has 0 aliphatic carbocycles. The number of nitrogens with zero attached hydrogens (tertiary/aromatic N) is 1. The van der Waals surface area contributed by atoms with Crippen LogP contribution in [0.5, 0.6) is 0 Å². The van der Waals surface area contributed by atoms with E-state index in [4.69, 9.17) is 5.11 Å². The molecule has 0 saturated heterocycles. The van der Waals surface area contributed by atoms with Gasteiger partial charge in [0, 0.05) is 9.64 Å². The van der Waals surface area contributed by atoms with Gasteiger partial charge in [-0.05, 0) is 48.6 Å². The summed E-state index contributed by atoms with van der Waals surface area (Å²) in [4.78, 5) is 21.7. The van der Waals surface area contributed by atoms with Crippen LogP contribution < -0.4 is 0 Å². The fourth-order valence-corrected chi connectivity index (χ4v) is 2.52. The Labute approximate surface area is 116 Å². The number of nitro benzene ring substituents is 1. The van der Waals surface area contributed by atoms with Crippen LogP contribution in [0.2, 0.25) is 0 Å². The van der Waals surface area contributed by atoms with Crippen LogP contribution in [0.4, 0.5) is 5.69 Å². The average molecular weight is 367 g/mol. The van der Waals surface area contributed by atoms with E-state index in [0.29, 0.717) is 4.90 Å². The molecule has 0 aliphatic heterocycles. The number of benzene rings is 1. The second-order valence-electron chi connectivity index (χ2n) is 3.79. The number of hydrogen-bond donors (Lipinski definition) is 1. The van der Waals surface area contributed by atoms with Crippen LogP contribution in [0.25, 0.3) is 0 Å². The van der Waals surface area contributed by atoms with Crippen molar-refractivity contribution in [2.75, 3.05) is 0 Å². The average Bonchev–Trinajstić information content (AvgIpc) is 2.19. The quantitative estimate of drug-likeness (QED) is 0.383. The minimum absolute atomic E-state index is 0.0591. The van der Waals surface area contributed by atoms with Gasteiger partial charge >= 0.3 is 5.97 Å². The summed E-state index contributed by atoms with van der Waals surface area (Å²) in [6.45, 7) is 3.03. The molecule has 0 bridgehead atoms. The topological polar surface area (TPSA) is 80.4 Å². The lowest BCUT2D eigenvalue weighted by atomic mass is 10.2. The summed E-state index contributed by atoms with van der Waals surface area (Å²) in [6, 6.07) is 4.73. The van der Waals surface area contributed by atoms with Gasteiger partial charge in [0.1, 0.15) is 4.75 Å². The Morgan fingerprint density at radius 3 is 2.59 bits per heavy atom. The molecule has 92 valence electrons. The fraction of sp³-hybridized carbons (Fsp3) is 0.300. The van der Waals surface area contributed by atoms with Crippen molar-refractivity contribution in [2.45, 2.75) is 23.5 Å². The van der Waals surface area contributed by atoms with Crippen molar-refractivity contribution >= 4 is 46.0 Å². The molecule has 0 fully saturated rings. The summed E-state index contributed by atoms with van der Waals surface area (Å²) >= 11 is 2.95. The molecule has 0 heterocycles. The molecule has 0 radical (unpaired) electrons. The molecule has 0 spiro atoms. The van der Waals surface area contributed by atoms with Gasteiger partial charge in [-0.2, -0.15) is 0 Å². The standard InChI is InChI=1S/C10H10INO4S/c1-10(2,9(13)14)17-8-4-3-6(11)5-7(8)12(15)16/h3-5H,1-2H3,(H,13,14). The molecule has 1 aromatic carbocycles. The second-order valence-corrected chi connectivity index (χ2v) is 6.70. The van der Waals surface area contributed by atoms with Gasteiger partial charge in [-0.1, -0.05) is 0 Å². The van der Waals surface area contributed by atoms with Gasteiger partial charge in [0.05, 0.1) is 9.82 Å². The van der Waals surface area contributed by atoms with Crippen LogP contribution in [0, 0.1) is 13.7 Å². The Kier molecular flexibility index (Phi) is 4.36. The van der Waals surface area contributed by atoms with Crippen molar-refractivity contribution in [2.24, 2.45) is 0 Å². The third-order valence-corrected chi connectivity index (χ3v) is 3.92. The van der Waals surface area contributed by atoms with Crippen LogP contribution in [0.3, 0.4) is 0 Å². The Morgan fingerprint density at radius 2 is 2.12 bits per heavy atom. The molecule has 0 atom stereocenters. The van der Waals surface area contributed by atoms with Crippen molar-refractivity contribution in [3.8, 4) is 0 Å². The summed E-state index contributed by atoms with van der Waals surface area (Å²) in [6.07, 6.45) is 0. The normalized spacial score (nSPS) is 11.2. The molecular weight excluding hydrogens is 357 g/mol. The third-order valence-electron chi connectivity index (χ3n) is 2.00. The van der Waals surface area contributed by atoms with Gasteiger partial charge in [-0.25, -0.2) is 0 Å². The first-order chi connectivity index (χ1) is 7.74. The SMILES string of the molecule is CC(C)(Sc1ccc(I)cc1[N+](=O)[O-])C(=O)O. The molecule has 1 aromatic rings. The first-order valence-electron chi connectivity index (χ1n) is 4.60. The Morgan fingerprint density at radius 1 is 1.53 bits per heavy atom. The van der Waals surface area contributed by atoms with Crippen molar-refractivity contribution in [1.82, 2.24) is 0 Å². The number of thioether (sulfide) groups is 1. The number of aliphatic carboxylic acids is 1. The van der Waals surface area contributed by atoms with Gasteiger partial charge < -0.3 is 5.11 Å². The van der Waals surface area contributed by atoms with E-state index in [0.717, 1.165) is 15.3 Å². The van der Waals surface area contributed by atoms with E-state index in [2.05, 4.69) is 0 Å². The Hall–Kier alpha value is -0.830. The maximum Gasteiger partial charge on any atom is 0.319 e. The highest BCUT2D eigenvalue weighted by Crippen LogP contribution is 2.38. The number of carbonyl (C=O) groups is 1. The number of nitro groups is 1. The summed E-state index contributed by atoms with van der Waals surface area (Å²) < 4.78 is -0.357. The summed E-state index contributed by atoms with van der Waals surface area (Å²) in [5.74, 6) is -1.00. The minimum Gasteiger partial charge on any atom is -0.480 e. The minimum atomic E-state index is -1.10. The third kappa shape index (κ3) is 3.56. The summed E-state index contributed by atoms with van der Waals surface area (Å²) in [5.41, 5.74) is -0.0591. The first-order valence-corrected chi connectivity index (χ1v) is 6.50.